The van der Waals surface area contributed by atoms with Crippen LogP contribution >= 0.6 is 11.6 Å². The van der Waals surface area contributed by atoms with E-state index in [0.29, 0.717) is 17.9 Å². The van der Waals surface area contributed by atoms with Crippen LogP contribution < -0.4 is 0 Å². The Morgan fingerprint density at radius 3 is 2.55 bits per heavy atom. The lowest BCUT2D eigenvalue weighted by atomic mass is 10.2. The largest absolute Gasteiger partial charge is 0.480 e. The summed E-state index contributed by atoms with van der Waals surface area (Å²) in [4.78, 5) is 11.0. The van der Waals surface area contributed by atoms with Gasteiger partial charge in [-0.3, -0.25) is 4.79 Å². The standard InChI is InChI=1S/C13H16ClNO4S/c14-10-4-3-7-12(8-10)20(18,19)15(9-13(16)17)11-5-1-2-6-11/h3-4,7-8,11H,1-2,5-6,9H2,(H,16,17). The molecule has 5 nitrogen and oxygen atoms in total. The molecule has 0 aliphatic heterocycles. The van der Waals surface area contributed by atoms with Crippen LogP contribution in [-0.2, 0) is 14.8 Å². The second-order valence-corrected chi connectivity index (χ2v) is 7.17. The van der Waals surface area contributed by atoms with Gasteiger partial charge in [0.15, 0.2) is 0 Å². The molecular formula is C13H16ClNO4S. The molecule has 1 aliphatic carbocycles. The molecule has 0 atom stereocenters. The fourth-order valence-corrected chi connectivity index (χ4v) is 4.43. The highest BCUT2D eigenvalue weighted by molar-refractivity contribution is 7.89. The molecule has 1 fully saturated rings. The van der Waals surface area contributed by atoms with E-state index < -0.39 is 22.5 Å². The van der Waals surface area contributed by atoms with Crippen molar-refractivity contribution in [3.05, 3.63) is 29.3 Å². The molecule has 20 heavy (non-hydrogen) atoms. The molecule has 0 saturated heterocycles. The Bertz CT molecular complexity index is 596. The van der Waals surface area contributed by atoms with Crippen molar-refractivity contribution in [2.24, 2.45) is 0 Å². The van der Waals surface area contributed by atoms with Gasteiger partial charge in [-0.05, 0) is 31.0 Å². The molecule has 2 rings (SSSR count). The van der Waals surface area contributed by atoms with Crippen molar-refractivity contribution in [2.75, 3.05) is 6.54 Å². The second-order valence-electron chi connectivity index (χ2n) is 4.84. The lowest BCUT2D eigenvalue weighted by Crippen LogP contribution is -2.42. The molecule has 7 heteroatoms. The molecule has 0 radical (unpaired) electrons. The molecule has 1 aliphatic rings. The molecule has 0 amide bonds. The molecule has 0 bridgehead atoms. The topological polar surface area (TPSA) is 74.7 Å². The van der Waals surface area contributed by atoms with Crippen molar-refractivity contribution in [1.29, 1.82) is 0 Å². The SMILES string of the molecule is O=C(O)CN(C1CCCC1)S(=O)(=O)c1cccc(Cl)c1. The van der Waals surface area contributed by atoms with Crippen LogP contribution in [0.5, 0.6) is 0 Å². The maximum Gasteiger partial charge on any atom is 0.318 e. The van der Waals surface area contributed by atoms with E-state index in [1.54, 1.807) is 12.1 Å². The van der Waals surface area contributed by atoms with Crippen molar-refractivity contribution in [3.8, 4) is 0 Å². The van der Waals surface area contributed by atoms with E-state index in [2.05, 4.69) is 0 Å². The van der Waals surface area contributed by atoms with Crippen LogP contribution in [-0.4, -0.2) is 36.4 Å². The number of benzene rings is 1. The van der Waals surface area contributed by atoms with Crippen LogP contribution in [0.2, 0.25) is 5.02 Å². The number of hydrogen-bond acceptors (Lipinski definition) is 3. The fourth-order valence-electron chi connectivity index (χ4n) is 2.50. The average molecular weight is 318 g/mol. The first-order valence-electron chi connectivity index (χ1n) is 6.40. The lowest BCUT2D eigenvalue weighted by molar-refractivity contribution is -0.137. The summed E-state index contributed by atoms with van der Waals surface area (Å²) >= 11 is 5.82. The predicted octanol–water partition coefficient (Wildman–Crippen LogP) is 2.36. The van der Waals surface area contributed by atoms with Crippen LogP contribution in [0.1, 0.15) is 25.7 Å². The van der Waals surface area contributed by atoms with Crippen molar-refractivity contribution < 1.29 is 18.3 Å². The van der Waals surface area contributed by atoms with Crippen molar-refractivity contribution in [3.63, 3.8) is 0 Å². The zero-order valence-corrected chi connectivity index (χ0v) is 12.4. The van der Waals surface area contributed by atoms with Gasteiger partial charge in [0.2, 0.25) is 10.0 Å². The molecule has 1 saturated carbocycles. The summed E-state index contributed by atoms with van der Waals surface area (Å²) in [6.45, 7) is -0.514. The summed E-state index contributed by atoms with van der Waals surface area (Å²) in [5, 5.41) is 9.29. The number of carboxylic acids is 1. The van der Waals surface area contributed by atoms with Crippen LogP contribution in [0, 0.1) is 0 Å². The maximum absolute atomic E-state index is 12.6. The van der Waals surface area contributed by atoms with Crippen molar-refractivity contribution >= 4 is 27.6 Å². The predicted molar refractivity (Wildman–Crippen MR) is 75.2 cm³/mol. The minimum Gasteiger partial charge on any atom is -0.480 e. The first-order chi connectivity index (χ1) is 9.41. The third-order valence-corrected chi connectivity index (χ3v) is 5.56. The summed E-state index contributed by atoms with van der Waals surface area (Å²) in [5.74, 6) is -1.15. The molecule has 1 N–H and O–H groups in total. The van der Waals surface area contributed by atoms with E-state index in [-0.39, 0.29) is 10.9 Å². The van der Waals surface area contributed by atoms with E-state index in [0.717, 1.165) is 17.1 Å². The van der Waals surface area contributed by atoms with Crippen LogP contribution in [0.15, 0.2) is 29.2 Å². The number of carboxylic acid groups (broad SMARTS) is 1. The molecule has 0 unspecified atom stereocenters. The highest BCUT2D eigenvalue weighted by Gasteiger charge is 2.34. The number of rotatable bonds is 5. The van der Waals surface area contributed by atoms with Crippen molar-refractivity contribution in [2.45, 2.75) is 36.6 Å². The first-order valence-corrected chi connectivity index (χ1v) is 8.22. The number of carbonyl (C=O) groups is 1. The molecule has 1 aromatic carbocycles. The highest BCUT2D eigenvalue weighted by Crippen LogP contribution is 2.29. The number of nitrogens with zero attached hydrogens (tertiary/aromatic N) is 1. The number of sulfonamides is 1. The number of hydrogen-bond donors (Lipinski definition) is 1. The molecule has 0 spiro atoms. The van der Waals surface area contributed by atoms with Gasteiger partial charge in [0.25, 0.3) is 0 Å². The summed E-state index contributed by atoms with van der Waals surface area (Å²) < 4.78 is 26.3. The van der Waals surface area contributed by atoms with E-state index in [4.69, 9.17) is 16.7 Å². The summed E-state index contributed by atoms with van der Waals surface area (Å²) in [6.07, 6.45) is 3.25. The number of halogens is 1. The quantitative estimate of drug-likeness (QED) is 0.904. The van der Waals surface area contributed by atoms with Gasteiger partial charge in [0.1, 0.15) is 6.54 Å². The Kier molecular flexibility index (Phi) is 4.67. The zero-order valence-electron chi connectivity index (χ0n) is 10.8. The van der Waals surface area contributed by atoms with Gasteiger partial charge in [0, 0.05) is 11.1 Å². The summed E-state index contributed by atoms with van der Waals surface area (Å²) in [7, 11) is -3.83. The van der Waals surface area contributed by atoms with E-state index in [1.165, 1.54) is 12.1 Å². The Morgan fingerprint density at radius 1 is 1.35 bits per heavy atom. The lowest BCUT2D eigenvalue weighted by Gasteiger charge is -2.26. The fraction of sp³-hybridized carbons (Fsp3) is 0.462. The summed E-state index contributed by atoms with van der Waals surface area (Å²) in [6, 6.07) is 5.67. The third-order valence-electron chi connectivity index (χ3n) is 3.43. The van der Waals surface area contributed by atoms with Gasteiger partial charge in [-0.1, -0.05) is 30.5 Å². The van der Waals surface area contributed by atoms with Gasteiger partial charge in [-0.15, -0.1) is 0 Å². The van der Waals surface area contributed by atoms with Gasteiger partial charge < -0.3 is 5.11 Å². The molecular weight excluding hydrogens is 302 g/mol. The maximum atomic E-state index is 12.6. The molecule has 0 heterocycles. The Labute approximate surface area is 123 Å². The summed E-state index contributed by atoms with van der Waals surface area (Å²) in [5.41, 5.74) is 0. The van der Waals surface area contributed by atoms with Crippen LogP contribution in [0.3, 0.4) is 0 Å². The number of aliphatic carboxylic acids is 1. The zero-order chi connectivity index (χ0) is 14.8. The van der Waals surface area contributed by atoms with E-state index in [1.807, 2.05) is 0 Å². The minimum atomic E-state index is -3.83. The Morgan fingerprint density at radius 2 is 2.00 bits per heavy atom. The Balaban J connectivity index is 2.37. The van der Waals surface area contributed by atoms with Crippen LogP contribution in [0.25, 0.3) is 0 Å². The monoisotopic (exact) mass is 317 g/mol. The minimum absolute atomic E-state index is 0.0400. The van der Waals surface area contributed by atoms with E-state index in [9.17, 15) is 13.2 Å². The van der Waals surface area contributed by atoms with Gasteiger partial charge in [0.05, 0.1) is 4.90 Å². The average Bonchev–Trinajstić information content (AvgIpc) is 2.89. The van der Waals surface area contributed by atoms with Gasteiger partial charge >= 0.3 is 5.97 Å². The molecule has 110 valence electrons. The smallest absolute Gasteiger partial charge is 0.318 e. The van der Waals surface area contributed by atoms with Crippen LogP contribution in [0.4, 0.5) is 0 Å². The normalized spacial score (nSPS) is 16.7. The molecule has 1 aromatic rings. The third kappa shape index (κ3) is 3.31. The second kappa shape index (κ2) is 6.11. The Hall–Kier alpha value is -1.11. The highest BCUT2D eigenvalue weighted by atomic mass is 35.5. The first kappa shape index (κ1) is 15.3. The molecule has 0 aromatic heterocycles. The van der Waals surface area contributed by atoms with Crippen molar-refractivity contribution in [1.82, 2.24) is 4.31 Å². The van der Waals surface area contributed by atoms with E-state index >= 15 is 0 Å². The van der Waals surface area contributed by atoms with Gasteiger partial charge in [-0.2, -0.15) is 4.31 Å². The van der Waals surface area contributed by atoms with Gasteiger partial charge in [-0.25, -0.2) is 8.42 Å².